The summed E-state index contributed by atoms with van der Waals surface area (Å²) in [4.78, 5) is 13.6. The molecule has 0 bridgehead atoms. The number of carbonyl (C=O) groups excluding carboxylic acids is 1. The van der Waals surface area contributed by atoms with Crippen molar-refractivity contribution in [2.24, 2.45) is 5.92 Å². The van der Waals surface area contributed by atoms with E-state index >= 15 is 0 Å². The molecule has 0 aromatic carbocycles. The van der Waals surface area contributed by atoms with E-state index in [0.717, 1.165) is 18.8 Å². The summed E-state index contributed by atoms with van der Waals surface area (Å²) in [6.45, 7) is 5.81. The SMILES string of the molecule is CC(C)CC(=O)Nc1cnn(CCN(C)C)c1. The van der Waals surface area contributed by atoms with Crippen LogP contribution in [0.15, 0.2) is 12.4 Å². The molecule has 0 aliphatic heterocycles. The second-order valence-corrected chi connectivity index (χ2v) is 4.94. The Morgan fingerprint density at radius 1 is 1.53 bits per heavy atom. The summed E-state index contributed by atoms with van der Waals surface area (Å²) >= 11 is 0. The molecule has 5 nitrogen and oxygen atoms in total. The molecular weight excluding hydrogens is 216 g/mol. The van der Waals surface area contributed by atoms with Crippen molar-refractivity contribution in [3.8, 4) is 0 Å². The molecule has 96 valence electrons. The summed E-state index contributed by atoms with van der Waals surface area (Å²) in [5.74, 6) is 0.422. The number of hydrogen-bond donors (Lipinski definition) is 1. The first-order valence-electron chi connectivity index (χ1n) is 5.94. The third-order valence-corrected chi connectivity index (χ3v) is 2.29. The summed E-state index contributed by atoms with van der Waals surface area (Å²) < 4.78 is 1.84. The highest BCUT2D eigenvalue weighted by Crippen LogP contribution is 2.07. The summed E-state index contributed by atoms with van der Waals surface area (Å²) in [5.41, 5.74) is 0.773. The quantitative estimate of drug-likeness (QED) is 0.815. The average molecular weight is 238 g/mol. The lowest BCUT2D eigenvalue weighted by atomic mass is 10.1. The van der Waals surface area contributed by atoms with Crippen LogP contribution in [0.5, 0.6) is 0 Å². The number of hydrogen-bond acceptors (Lipinski definition) is 3. The minimum atomic E-state index is 0.0483. The Kier molecular flexibility index (Phi) is 5.15. The lowest BCUT2D eigenvalue weighted by Gasteiger charge is -2.08. The maximum absolute atomic E-state index is 11.5. The Morgan fingerprint density at radius 3 is 2.82 bits per heavy atom. The monoisotopic (exact) mass is 238 g/mol. The average Bonchev–Trinajstić information content (AvgIpc) is 2.61. The molecule has 0 saturated carbocycles. The zero-order chi connectivity index (χ0) is 12.8. The molecule has 0 saturated heterocycles. The van der Waals surface area contributed by atoms with E-state index in [2.05, 4.69) is 15.3 Å². The van der Waals surface area contributed by atoms with Crippen LogP contribution in [0.3, 0.4) is 0 Å². The van der Waals surface area contributed by atoms with E-state index in [4.69, 9.17) is 0 Å². The van der Waals surface area contributed by atoms with Crippen molar-refractivity contribution in [1.82, 2.24) is 14.7 Å². The Labute approximate surface area is 103 Å². The maximum Gasteiger partial charge on any atom is 0.224 e. The van der Waals surface area contributed by atoms with Gasteiger partial charge in [0.1, 0.15) is 0 Å². The van der Waals surface area contributed by atoms with Gasteiger partial charge in [-0.25, -0.2) is 0 Å². The lowest BCUT2D eigenvalue weighted by Crippen LogP contribution is -2.18. The van der Waals surface area contributed by atoms with Crippen molar-refractivity contribution in [2.75, 3.05) is 26.0 Å². The molecule has 1 amide bonds. The second-order valence-electron chi connectivity index (χ2n) is 4.94. The highest BCUT2D eigenvalue weighted by atomic mass is 16.1. The summed E-state index contributed by atoms with van der Waals surface area (Å²) in [6, 6.07) is 0. The maximum atomic E-state index is 11.5. The zero-order valence-electron chi connectivity index (χ0n) is 11.1. The van der Waals surface area contributed by atoms with Crippen molar-refractivity contribution >= 4 is 11.6 Å². The van der Waals surface area contributed by atoms with Crippen molar-refractivity contribution in [2.45, 2.75) is 26.8 Å². The highest BCUT2D eigenvalue weighted by Gasteiger charge is 2.06. The first-order chi connectivity index (χ1) is 7.97. The number of rotatable bonds is 6. The molecule has 0 radical (unpaired) electrons. The number of amides is 1. The number of aromatic nitrogens is 2. The molecule has 0 aliphatic carbocycles. The predicted molar refractivity (Wildman–Crippen MR) is 68.9 cm³/mol. The van der Waals surface area contributed by atoms with Gasteiger partial charge >= 0.3 is 0 Å². The van der Waals surface area contributed by atoms with Crippen molar-refractivity contribution in [3.05, 3.63) is 12.4 Å². The van der Waals surface area contributed by atoms with Gasteiger partial charge in [0.25, 0.3) is 0 Å². The highest BCUT2D eigenvalue weighted by molar-refractivity contribution is 5.90. The van der Waals surface area contributed by atoms with Crippen LogP contribution < -0.4 is 5.32 Å². The van der Waals surface area contributed by atoms with E-state index in [1.54, 1.807) is 6.20 Å². The van der Waals surface area contributed by atoms with Crippen LogP contribution in [0, 0.1) is 5.92 Å². The molecule has 17 heavy (non-hydrogen) atoms. The minimum Gasteiger partial charge on any atom is -0.323 e. The van der Waals surface area contributed by atoms with Gasteiger partial charge in [0.05, 0.1) is 18.4 Å². The Bertz CT molecular complexity index is 357. The van der Waals surface area contributed by atoms with Gasteiger partial charge in [-0.05, 0) is 20.0 Å². The van der Waals surface area contributed by atoms with Gasteiger partial charge in [0.15, 0.2) is 0 Å². The molecule has 0 aliphatic rings. The fourth-order valence-electron chi connectivity index (χ4n) is 1.44. The molecule has 0 atom stereocenters. The first-order valence-corrected chi connectivity index (χ1v) is 5.94. The zero-order valence-corrected chi connectivity index (χ0v) is 11.1. The smallest absolute Gasteiger partial charge is 0.224 e. The summed E-state index contributed by atoms with van der Waals surface area (Å²) in [5, 5.41) is 7.04. The molecule has 5 heteroatoms. The van der Waals surface area contributed by atoms with Gasteiger partial charge in [-0.3, -0.25) is 9.48 Å². The van der Waals surface area contributed by atoms with Crippen LogP contribution in [0.25, 0.3) is 0 Å². The number of carbonyl (C=O) groups is 1. The number of nitrogens with one attached hydrogen (secondary N) is 1. The molecular formula is C12H22N4O. The Morgan fingerprint density at radius 2 is 2.24 bits per heavy atom. The third-order valence-electron chi connectivity index (χ3n) is 2.29. The standard InChI is InChI=1S/C12H22N4O/c1-10(2)7-12(17)14-11-8-13-16(9-11)6-5-15(3)4/h8-10H,5-7H2,1-4H3,(H,14,17). The second kappa shape index (κ2) is 6.39. The first kappa shape index (κ1) is 13.7. The van der Waals surface area contributed by atoms with E-state index in [-0.39, 0.29) is 5.91 Å². The Balaban J connectivity index is 2.42. The normalized spacial score (nSPS) is 11.2. The van der Waals surface area contributed by atoms with Crippen molar-refractivity contribution in [1.29, 1.82) is 0 Å². The van der Waals surface area contributed by atoms with Crippen molar-refractivity contribution in [3.63, 3.8) is 0 Å². The molecule has 1 heterocycles. The van der Waals surface area contributed by atoms with Crippen LogP contribution in [-0.2, 0) is 11.3 Å². The molecule has 1 aromatic rings. The van der Waals surface area contributed by atoms with E-state index in [1.807, 2.05) is 38.8 Å². The van der Waals surface area contributed by atoms with Gasteiger partial charge in [0, 0.05) is 19.2 Å². The van der Waals surface area contributed by atoms with Crippen LogP contribution in [0.1, 0.15) is 20.3 Å². The van der Waals surface area contributed by atoms with Gasteiger partial charge in [0.2, 0.25) is 5.91 Å². The minimum absolute atomic E-state index is 0.0483. The summed E-state index contributed by atoms with van der Waals surface area (Å²) in [7, 11) is 4.05. The lowest BCUT2D eigenvalue weighted by molar-refractivity contribution is -0.116. The molecule has 0 fully saturated rings. The number of likely N-dealkylation sites (N-methyl/N-ethyl adjacent to an activating group) is 1. The van der Waals surface area contributed by atoms with Gasteiger partial charge in [-0.1, -0.05) is 13.8 Å². The molecule has 0 unspecified atom stereocenters. The van der Waals surface area contributed by atoms with Crippen LogP contribution in [-0.4, -0.2) is 41.2 Å². The van der Waals surface area contributed by atoms with E-state index in [0.29, 0.717) is 12.3 Å². The molecule has 0 spiro atoms. The van der Waals surface area contributed by atoms with Gasteiger partial charge in [-0.15, -0.1) is 0 Å². The van der Waals surface area contributed by atoms with Gasteiger partial charge < -0.3 is 10.2 Å². The van der Waals surface area contributed by atoms with Crippen molar-refractivity contribution < 1.29 is 4.79 Å². The number of nitrogens with zero attached hydrogens (tertiary/aromatic N) is 3. The van der Waals surface area contributed by atoms with Crippen LogP contribution >= 0.6 is 0 Å². The topological polar surface area (TPSA) is 50.2 Å². The van der Waals surface area contributed by atoms with Crippen LogP contribution in [0.2, 0.25) is 0 Å². The van der Waals surface area contributed by atoms with Crippen LogP contribution in [0.4, 0.5) is 5.69 Å². The molecule has 1 N–H and O–H groups in total. The fourth-order valence-corrected chi connectivity index (χ4v) is 1.44. The van der Waals surface area contributed by atoms with E-state index in [9.17, 15) is 4.79 Å². The fraction of sp³-hybridized carbons (Fsp3) is 0.667. The van der Waals surface area contributed by atoms with Gasteiger partial charge in [-0.2, -0.15) is 5.10 Å². The predicted octanol–water partition coefficient (Wildman–Crippen LogP) is 1.43. The third kappa shape index (κ3) is 5.49. The summed E-state index contributed by atoms with van der Waals surface area (Å²) in [6.07, 6.45) is 4.10. The van der Waals surface area contributed by atoms with E-state index in [1.165, 1.54) is 0 Å². The molecule has 1 rings (SSSR count). The number of anilines is 1. The molecule has 1 aromatic heterocycles. The van der Waals surface area contributed by atoms with E-state index < -0.39 is 0 Å². The largest absolute Gasteiger partial charge is 0.323 e. The Hall–Kier alpha value is -1.36.